The lowest BCUT2D eigenvalue weighted by Crippen LogP contribution is -2.23. The summed E-state index contributed by atoms with van der Waals surface area (Å²) >= 11 is 1.26. The number of fused-ring (bicyclic) bond motifs is 1. The van der Waals surface area contributed by atoms with Crippen molar-refractivity contribution in [3.8, 4) is 0 Å². The van der Waals surface area contributed by atoms with Crippen LogP contribution in [0.3, 0.4) is 0 Å². The molecule has 0 saturated carbocycles. The van der Waals surface area contributed by atoms with Gasteiger partial charge in [-0.15, -0.1) is 10.2 Å². The lowest BCUT2D eigenvalue weighted by Gasteiger charge is -2.09. The second-order valence-electron chi connectivity index (χ2n) is 5.38. The highest BCUT2D eigenvalue weighted by Crippen LogP contribution is 2.33. The zero-order chi connectivity index (χ0) is 17.4. The predicted octanol–water partition coefficient (Wildman–Crippen LogP) is 3.45. The van der Waals surface area contributed by atoms with E-state index in [0.29, 0.717) is 10.1 Å². The molecule has 0 fully saturated rings. The van der Waals surface area contributed by atoms with E-state index in [0.717, 1.165) is 50.2 Å². The third-order valence-corrected chi connectivity index (χ3v) is 6.22. The summed E-state index contributed by atoms with van der Waals surface area (Å²) in [6, 6.07) is 4.62. The maximum absolute atomic E-state index is 12.5. The molecule has 2 aromatic rings. The van der Waals surface area contributed by atoms with E-state index in [2.05, 4.69) is 10.2 Å². The Bertz CT molecular complexity index is 830. The molecule has 130 valence electrons. The van der Waals surface area contributed by atoms with Gasteiger partial charge in [0.1, 0.15) is 5.82 Å². The third-order valence-electron chi connectivity index (χ3n) is 3.72. The molecular weight excluding hydrogens is 363 g/mol. The second kappa shape index (κ2) is 6.40. The quantitative estimate of drug-likeness (QED) is 0.820. The molecule has 24 heavy (non-hydrogen) atoms. The zero-order valence-electron chi connectivity index (χ0n) is 12.5. The van der Waals surface area contributed by atoms with Crippen molar-refractivity contribution in [2.75, 3.05) is 0 Å². The van der Waals surface area contributed by atoms with Crippen LogP contribution in [0, 0.1) is 0 Å². The molecule has 0 amide bonds. The van der Waals surface area contributed by atoms with Gasteiger partial charge in [0.2, 0.25) is 0 Å². The smallest absolute Gasteiger partial charge is 0.306 e. The first kappa shape index (κ1) is 17.3. The Morgan fingerprint density at radius 3 is 2.42 bits per heavy atom. The van der Waals surface area contributed by atoms with E-state index in [-0.39, 0.29) is 0 Å². The van der Waals surface area contributed by atoms with Crippen LogP contribution in [0.4, 0.5) is 13.2 Å². The molecule has 10 heteroatoms. The predicted molar refractivity (Wildman–Crippen MR) is 81.4 cm³/mol. The number of hydrogen-bond donors (Lipinski definition) is 0. The van der Waals surface area contributed by atoms with E-state index >= 15 is 0 Å². The fourth-order valence-corrected chi connectivity index (χ4v) is 4.09. The molecule has 2 heterocycles. The molecule has 0 N–H and O–H groups in total. The number of rotatable bonds is 3. The van der Waals surface area contributed by atoms with Crippen molar-refractivity contribution in [1.82, 2.24) is 14.8 Å². The van der Waals surface area contributed by atoms with Crippen LogP contribution in [0.25, 0.3) is 0 Å². The van der Waals surface area contributed by atoms with Gasteiger partial charge in [0.25, 0.3) is 9.84 Å². The maximum Gasteiger partial charge on any atom is 0.501 e. The fourth-order valence-electron chi connectivity index (χ4n) is 2.46. The molecule has 0 saturated heterocycles. The summed E-state index contributed by atoms with van der Waals surface area (Å²) in [5.41, 5.74) is -5.30. The van der Waals surface area contributed by atoms with Gasteiger partial charge in [0.15, 0.2) is 5.16 Å². The third kappa shape index (κ3) is 3.30. The summed E-state index contributed by atoms with van der Waals surface area (Å²) < 4.78 is 62.3. The van der Waals surface area contributed by atoms with Gasteiger partial charge in [-0.3, -0.25) is 0 Å². The first-order valence-corrected chi connectivity index (χ1v) is 9.60. The molecule has 1 aliphatic heterocycles. The minimum absolute atomic E-state index is 0.607. The summed E-state index contributed by atoms with van der Waals surface area (Å²) in [4.78, 5) is -0.157. The Labute approximate surface area is 141 Å². The van der Waals surface area contributed by atoms with Crippen molar-refractivity contribution >= 4 is 21.6 Å². The number of alkyl halides is 3. The van der Waals surface area contributed by atoms with E-state index in [1.807, 2.05) is 4.57 Å². The summed E-state index contributed by atoms with van der Waals surface area (Å²) in [7, 11) is -5.32. The van der Waals surface area contributed by atoms with Crippen molar-refractivity contribution in [2.45, 2.75) is 52.7 Å². The minimum atomic E-state index is -5.32. The van der Waals surface area contributed by atoms with Crippen LogP contribution in [0.1, 0.15) is 25.1 Å². The number of hydrogen-bond acceptors (Lipinski definition) is 5. The zero-order valence-corrected chi connectivity index (χ0v) is 14.1. The number of sulfone groups is 1. The van der Waals surface area contributed by atoms with Gasteiger partial charge < -0.3 is 4.57 Å². The van der Waals surface area contributed by atoms with Crippen LogP contribution < -0.4 is 0 Å². The van der Waals surface area contributed by atoms with Gasteiger partial charge in [-0.05, 0) is 48.9 Å². The van der Waals surface area contributed by atoms with Gasteiger partial charge in [-0.2, -0.15) is 13.2 Å². The van der Waals surface area contributed by atoms with E-state index < -0.39 is 20.2 Å². The number of halogens is 3. The van der Waals surface area contributed by atoms with E-state index in [4.69, 9.17) is 0 Å². The largest absolute Gasteiger partial charge is 0.501 e. The van der Waals surface area contributed by atoms with Crippen molar-refractivity contribution in [3.05, 3.63) is 30.1 Å². The molecule has 0 radical (unpaired) electrons. The average molecular weight is 377 g/mol. The topological polar surface area (TPSA) is 64.8 Å². The molecular formula is C14H14F3N3O2S2. The summed E-state index contributed by atoms with van der Waals surface area (Å²) in [5.74, 6) is 0.909. The van der Waals surface area contributed by atoms with Gasteiger partial charge in [0.05, 0.1) is 4.90 Å². The van der Waals surface area contributed by atoms with E-state index in [9.17, 15) is 21.6 Å². The van der Waals surface area contributed by atoms with Crippen molar-refractivity contribution in [2.24, 2.45) is 0 Å². The van der Waals surface area contributed by atoms with Crippen LogP contribution in [0.5, 0.6) is 0 Å². The highest BCUT2D eigenvalue weighted by atomic mass is 32.2. The first-order valence-electron chi connectivity index (χ1n) is 7.30. The van der Waals surface area contributed by atoms with Crippen LogP contribution >= 0.6 is 11.8 Å². The fraction of sp³-hybridized carbons (Fsp3) is 0.429. The Hall–Kier alpha value is -1.55. The van der Waals surface area contributed by atoms with Gasteiger partial charge in [0, 0.05) is 17.9 Å². The standard InChI is InChI=1S/C14H14F3N3O2S2/c15-14(16,17)24(21,22)11-7-5-10(6-8-11)23-13-19-18-12-4-2-1-3-9-20(12)13/h5-8H,1-4,9H2. The number of benzene rings is 1. The van der Waals surface area contributed by atoms with Crippen molar-refractivity contribution in [1.29, 1.82) is 0 Å². The molecule has 1 aromatic heterocycles. The number of aryl methyl sites for hydroxylation is 1. The van der Waals surface area contributed by atoms with Crippen molar-refractivity contribution in [3.63, 3.8) is 0 Å². The Morgan fingerprint density at radius 1 is 1.04 bits per heavy atom. The SMILES string of the molecule is O=S(=O)(c1ccc(Sc2nnc3n2CCCCC3)cc1)C(F)(F)F. The van der Waals surface area contributed by atoms with Gasteiger partial charge in [-0.25, -0.2) is 8.42 Å². The van der Waals surface area contributed by atoms with Crippen molar-refractivity contribution < 1.29 is 21.6 Å². The molecule has 1 aromatic carbocycles. The molecule has 0 unspecified atom stereocenters. The molecule has 0 spiro atoms. The van der Waals surface area contributed by atoms with Crippen LogP contribution in [-0.4, -0.2) is 28.7 Å². The maximum atomic E-state index is 12.5. The monoisotopic (exact) mass is 377 g/mol. The first-order chi connectivity index (χ1) is 11.3. The highest BCUT2D eigenvalue weighted by Gasteiger charge is 2.46. The lowest BCUT2D eigenvalue weighted by molar-refractivity contribution is -0.0436. The summed E-state index contributed by atoms with van der Waals surface area (Å²) in [6.07, 6.45) is 4.07. The summed E-state index contributed by atoms with van der Waals surface area (Å²) in [6.45, 7) is 0.811. The molecule has 0 bridgehead atoms. The molecule has 0 atom stereocenters. The Balaban J connectivity index is 1.82. The molecule has 5 nitrogen and oxygen atoms in total. The summed E-state index contributed by atoms with van der Waals surface area (Å²) in [5, 5.41) is 8.94. The second-order valence-corrected chi connectivity index (χ2v) is 8.37. The highest BCUT2D eigenvalue weighted by molar-refractivity contribution is 7.99. The normalized spacial score (nSPS) is 15.8. The Morgan fingerprint density at radius 2 is 1.75 bits per heavy atom. The molecule has 1 aliphatic rings. The number of aromatic nitrogens is 3. The van der Waals surface area contributed by atoms with Crippen LogP contribution in [0.2, 0.25) is 0 Å². The van der Waals surface area contributed by atoms with Crippen LogP contribution in [-0.2, 0) is 22.8 Å². The minimum Gasteiger partial charge on any atom is -0.306 e. The van der Waals surface area contributed by atoms with E-state index in [1.54, 1.807) is 0 Å². The van der Waals surface area contributed by atoms with Gasteiger partial charge in [-0.1, -0.05) is 6.42 Å². The van der Waals surface area contributed by atoms with Gasteiger partial charge >= 0.3 is 5.51 Å². The lowest BCUT2D eigenvalue weighted by atomic mass is 10.2. The molecule has 3 rings (SSSR count). The number of nitrogens with zero attached hydrogens (tertiary/aromatic N) is 3. The molecule has 0 aliphatic carbocycles. The van der Waals surface area contributed by atoms with E-state index in [1.165, 1.54) is 23.9 Å². The van der Waals surface area contributed by atoms with Crippen LogP contribution in [0.15, 0.2) is 39.2 Å². The Kier molecular flexibility index (Phi) is 4.60. The average Bonchev–Trinajstić information content (AvgIpc) is 2.75.